The summed E-state index contributed by atoms with van der Waals surface area (Å²) in [5.41, 5.74) is 0. The minimum Gasteiger partial charge on any atom is -0.376 e. The average molecular weight is 374 g/mol. The standard InChI is InChI=1S/C18H35N3O3S/c1-18(2,3)25(22)13-9-20-17(19-4)21-10-7-15(8-11-21)24-14-16-6-5-12-23-16/h15-16H,5-14H2,1-4H3,(H,19,20). The van der Waals surface area contributed by atoms with Gasteiger partial charge in [-0.25, -0.2) is 0 Å². The molecule has 0 spiro atoms. The molecule has 0 aliphatic carbocycles. The SMILES string of the molecule is CN=C(NCCS(=O)C(C)(C)C)N1CCC(OCC2CCCO2)CC1. The largest absolute Gasteiger partial charge is 0.376 e. The zero-order valence-electron chi connectivity index (χ0n) is 16.3. The molecule has 0 aromatic heterocycles. The molecule has 0 aromatic carbocycles. The lowest BCUT2D eigenvalue weighted by Gasteiger charge is -2.34. The summed E-state index contributed by atoms with van der Waals surface area (Å²) in [7, 11) is 0.970. The van der Waals surface area contributed by atoms with Crippen molar-refractivity contribution >= 4 is 16.8 Å². The number of rotatable bonds is 6. The lowest BCUT2D eigenvalue weighted by atomic mass is 10.1. The number of guanidine groups is 1. The van der Waals surface area contributed by atoms with Gasteiger partial charge < -0.3 is 19.7 Å². The second kappa shape index (κ2) is 9.88. The van der Waals surface area contributed by atoms with Crippen LogP contribution < -0.4 is 5.32 Å². The van der Waals surface area contributed by atoms with Crippen molar-refractivity contribution in [2.24, 2.45) is 4.99 Å². The third kappa shape index (κ3) is 6.87. The third-order valence-corrected chi connectivity index (χ3v) is 6.69. The van der Waals surface area contributed by atoms with Crippen molar-refractivity contribution in [3.05, 3.63) is 0 Å². The first kappa shape index (κ1) is 20.6. The van der Waals surface area contributed by atoms with Gasteiger partial charge in [-0.2, -0.15) is 0 Å². The monoisotopic (exact) mass is 373 g/mol. The molecule has 2 unspecified atom stereocenters. The van der Waals surface area contributed by atoms with Gasteiger partial charge in [-0.3, -0.25) is 9.20 Å². The van der Waals surface area contributed by atoms with E-state index in [0.717, 1.165) is 57.9 Å². The van der Waals surface area contributed by atoms with Crippen molar-refractivity contribution in [3.8, 4) is 0 Å². The highest BCUT2D eigenvalue weighted by Crippen LogP contribution is 2.18. The average Bonchev–Trinajstić information content (AvgIpc) is 3.10. The zero-order valence-corrected chi connectivity index (χ0v) is 17.1. The molecule has 146 valence electrons. The second-order valence-corrected chi connectivity index (χ2v) is 10.1. The molecule has 1 N–H and O–H groups in total. The summed E-state index contributed by atoms with van der Waals surface area (Å²) in [6.07, 6.45) is 4.95. The van der Waals surface area contributed by atoms with Crippen LogP contribution in [0.1, 0.15) is 46.5 Å². The third-order valence-electron chi connectivity index (χ3n) is 4.75. The summed E-state index contributed by atoms with van der Waals surface area (Å²) in [6, 6.07) is 0. The van der Waals surface area contributed by atoms with Gasteiger partial charge in [-0.15, -0.1) is 0 Å². The van der Waals surface area contributed by atoms with Crippen LogP contribution in [0.5, 0.6) is 0 Å². The van der Waals surface area contributed by atoms with Gasteiger partial charge in [0.1, 0.15) is 0 Å². The van der Waals surface area contributed by atoms with E-state index in [-0.39, 0.29) is 4.75 Å². The fraction of sp³-hybridized carbons (Fsp3) is 0.944. The zero-order chi connectivity index (χ0) is 18.3. The summed E-state index contributed by atoms with van der Waals surface area (Å²) in [4.78, 5) is 6.65. The highest BCUT2D eigenvalue weighted by atomic mass is 32.2. The van der Waals surface area contributed by atoms with Gasteiger partial charge in [0.05, 0.1) is 18.8 Å². The highest BCUT2D eigenvalue weighted by molar-refractivity contribution is 7.86. The van der Waals surface area contributed by atoms with Gasteiger partial charge in [0, 0.05) is 54.6 Å². The topological polar surface area (TPSA) is 63.2 Å². The first-order valence-corrected chi connectivity index (χ1v) is 10.8. The van der Waals surface area contributed by atoms with Gasteiger partial charge in [0.25, 0.3) is 0 Å². The van der Waals surface area contributed by atoms with E-state index in [1.54, 1.807) is 0 Å². The van der Waals surface area contributed by atoms with Gasteiger partial charge in [-0.1, -0.05) is 0 Å². The first-order valence-electron chi connectivity index (χ1n) is 9.47. The Kier molecular flexibility index (Phi) is 8.16. The maximum Gasteiger partial charge on any atom is 0.193 e. The summed E-state index contributed by atoms with van der Waals surface area (Å²) < 4.78 is 23.6. The molecule has 0 aromatic rings. The molecule has 7 heteroatoms. The summed E-state index contributed by atoms with van der Waals surface area (Å²) in [6.45, 7) is 10.2. The molecule has 2 aliphatic rings. The van der Waals surface area contributed by atoms with Crippen molar-refractivity contribution in [1.29, 1.82) is 0 Å². The Bertz CT molecular complexity index is 451. The molecule has 2 saturated heterocycles. The molecule has 6 nitrogen and oxygen atoms in total. The number of aliphatic imine (C=N–C) groups is 1. The Balaban J connectivity index is 1.66. The Labute approximate surface area is 155 Å². The maximum atomic E-state index is 12.1. The van der Waals surface area contributed by atoms with Crippen LogP contribution in [0.15, 0.2) is 4.99 Å². The molecule has 2 fully saturated rings. The molecule has 25 heavy (non-hydrogen) atoms. The van der Waals surface area contributed by atoms with Gasteiger partial charge in [-0.05, 0) is 46.5 Å². The predicted molar refractivity (Wildman–Crippen MR) is 104 cm³/mol. The summed E-state index contributed by atoms with van der Waals surface area (Å²) in [5, 5.41) is 3.36. The van der Waals surface area contributed by atoms with Crippen LogP contribution >= 0.6 is 0 Å². The van der Waals surface area contributed by atoms with E-state index in [1.807, 2.05) is 27.8 Å². The van der Waals surface area contributed by atoms with Crippen molar-refractivity contribution in [1.82, 2.24) is 10.2 Å². The van der Waals surface area contributed by atoms with Crippen LogP contribution in [0.4, 0.5) is 0 Å². The second-order valence-electron chi connectivity index (χ2n) is 7.79. The summed E-state index contributed by atoms with van der Waals surface area (Å²) in [5.74, 6) is 1.55. The number of nitrogens with one attached hydrogen (secondary N) is 1. The Hall–Kier alpha value is -0.660. The van der Waals surface area contributed by atoms with E-state index < -0.39 is 10.8 Å². The molecule has 2 aliphatic heterocycles. The van der Waals surface area contributed by atoms with Crippen LogP contribution in [-0.2, 0) is 20.3 Å². The Morgan fingerprint density at radius 1 is 1.32 bits per heavy atom. The highest BCUT2D eigenvalue weighted by Gasteiger charge is 2.24. The van der Waals surface area contributed by atoms with Crippen molar-refractivity contribution in [3.63, 3.8) is 0 Å². The van der Waals surface area contributed by atoms with E-state index in [2.05, 4.69) is 15.2 Å². The van der Waals surface area contributed by atoms with Crippen LogP contribution in [0.3, 0.4) is 0 Å². The van der Waals surface area contributed by atoms with E-state index in [1.165, 1.54) is 0 Å². The fourth-order valence-corrected chi connectivity index (χ4v) is 4.05. The Morgan fingerprint density at radius 2 is 2.04 bits per heavy atom. The fourth-order valence-electron chi connectivity index (χ4n) is 3.15. The molecular formula is C18H35N3O3S. The molecule has 2 heterocycles. The van der Waals surface area contributed by atoms with E-state index in [0.29, 0.717) is 24.5 Å². The van der Waals surface area contributed by atoms with E-state index >= 15 is 0 Å². The normalized spacial score (nSPS) is 24.6. The van der Waals surface area contributed by atoms with Gasteiger partial charge >= 0.3 is 0 Å². The van der Waals surface area contributed by atoms with E-state index in [9.17, 15) is 4.21 Å². The number of hydrogen-bond donors (Lipinski definition) is 1. The lowest BCUT2D eigenvalue weighted by Crippen LogP contribution is -2.48. The van der Waals surface area contributed by atoms with E-state index in [4.69, 9.17) is 9.47 Å². The van der Waals surface area contributed by atoms with Crippen LogP contribution in [-0.4, -0.2) is 77.7 Å². The van der Waals surface area contributed by atoms with Crippen LogP contribution in [0.25, 0.3) is 0 Å². The van der Waals surface area contributed by atoms with Crippen LogP contribution in [0.2, 0.25) is 0 Å². The van der Waals surface area contributed by atoms with Gasteiger partial charge in [0.2, 0.25) is 0 Å². The minimum atomic E-state index is -0.838. The smallest absolute Gasteiger partial charge is 0.193 e. The van der Waals surface area contributed by atoms with Crippen molar-refractivity contribution in [2.75, 3.05) is 45.6 Å². The number of nitrogens with zero attached hydrogens (tertiary/aromatic N) is 2. The lowest BCUT2D eigenvalue weighted by molar-refractivity contribution is -0.0367. The van der Waals surface area contributed by atoms with Crippen LogP contribution in [0, 0.1) is 0 Å². The number of piperidine rings is 1. The van der Waals surface area contributed by atoms with Crippen molar-refractivity contribution in [2.45, 2.75) is 63.4 Å². The minimum absolute atomic E-state index is 0.163. The molecule has 0 radical (unpaired) electrons. The van der Waals surface area contributed by atoms with Gasteiger partial charge in [0.15, 0.2) is 5.96 Å². The predicted octanol–water partition coefficient (Wildman–Crippen LogP) is 1.77. The maximum absolute atomic E-state index is 12.1. The number of likely N-dealkylation sites (tertiary alicyclic amines) is 1. The van der Waals surface area contributed by atoms with Crippen molar-refractivity contribution < 1.29 is 13.7 Å². The molecular weight excluding hydrogens is 338 g/mol. The molecule has 2 rings (SSSR count). The number of hydrogen-bond acceptors (Lipinski definition) is 4. The Morgan fingerprint density at radius 3 is 2.60 bits per heavy atom. The summed E-state index contributed by atoms with van der Waals surface area (Å²) >= 11 is 0. The number of ether oxygens (including phenoxy) is 2. The quantitative estimate of drug-likeness (QED) is 0.568. The molecule has 0 bridgehead atoms. The molecule has 0 saturated carbocycles. The first-order chi connectivity index (χ1) is 11.9. The molecule has 2 atom stereocenters. The molecule has 0 amide bonds.